The topological polar surface area (TPSA) is 213 Å². The van der Waals surface area contributed by atoms with E-state index in [2.05, 4.69) is 5.32 Å². The predicted molar refractivity (Wildman–Crippen MR) is 219 cm³/mol. The Labute approximate surface area is 356 Å². The minimum Gasteiger partial charge on any atom is -0.456 e. The Bertz CT molecular complexity index is 2040. The molecule has 0 aromatic heterocycles. The maximum Gasteiger partial charge on any atom is 0.408 e. The van der Waals surface area contributed by atoms with Gasteiger partial charge in [-0.3, -0.25) is 9.59 Å². The van der Waals surface area contributed by atoms with E-state index in [-0.39, 0.29) is 24.2 Å². The summed E-state index contributed by atoms with van der Waals surface area (Å²) in [5.41, 5.74) is -7.37. The molecule has 15 nitrogen and oxygen atoms in total. The Hall–Kier alpha value is -4.61. The second-order valence-electron chi connectivity index (χ2n) is 18.3. The van der Waals surface area contributed by atoms with E-state index in [0.717, 1.165) is 0 Å². The second-order valence-corrected chi connectivity index (χ2v) is 18.3. The molecule has 61 heavy (non-hydrogen) atoms. The summed E-state index contributed by atoms with van der Waals surface area (Å²) >= 11 is 0. The van der Waals surface area contributed by atoms with Gasteiger partial charge >= 0.3 is 24.0 Å². The number of Topliss-reactive ketones (excluding diaryl/α,β-unsaturated/α-hetero) is 1. The highest BCUT2D eigenvalue weighted by molar-refractivity contribution is 6.27. The number of ether oxygens (including phenoxy) is 5. The number of ketones is 1. The fraction of sp³-hybridized carbons (Fsp3) is 0.578. The Morgan fingerprint density at radius 2 is 1.62 bits per heavy atom. The molecule has 3 aliphatic carbocycles. The van der Waals surface area contributed by atoms with E-state index < -0.39 is 112 Å². The lowest BCUT2D eigenvalue weighted by Crippen LogP contribution is -2.82. The molecule has 3 fully saturated rings. The quantitative estimate of drug-likeness (QED) is 0.107. The number of carbonyl (C=O) groups is 5. The SMILES string of the molecule is CC[B]O[C@H]1C(=O)[C@]2(C)C(O)C[C@H]3OC[C@@]3(OC(C)=O)[C@H]2[C@H](OC(=O)c2ccccc2)[C@]2(O)C[C@H](OC(=O)[C@H](O)[C@@H](NC(=O)OC(C)(C)C)c3ccccc3)C(C)=C1C2(C)C. The molecule has 1 saturated heterocycles. The summed E-state index contributed by atoms with van der Waals surface area (Å²) in [5.74, 6) is -4.93. The van der Waals surface area contributed by atoms with Crippen LogP contribution in [0.15, 0.2) is 71.8 Å². The molecule has 2 aromatic rings. The zero-order valence-corrected chi connectivity index (χ0v) is 36.1. The number of nitrogens with one attached hydrogen (secondary N) is 1. The molecule has 1 aliphatic heterocycles. The molecule has 329 valence electrons. The van der Waals surface area contributed by atoms with Crippen molar-refractivity contribution in [2.45, 2.75) is 141 Å². The molecule has 6 rings (SSSR count). The first-order chi connectivity index (χ1) is 28.5. The highest BCUT2D eigenvalue weighted by Gasteiger charge is 2.78. The van der Waals surface area contributed by atoms with Crippen molar-refractivity contribution < 1.29 is 67.6 Å². The molecule has 0 spiro atoms. The molecule has 4 N–H and O–H groups in total. The van der Waals surface area contributed by atoms with Crippen LogP contribution in [0.3, 0.4) is 0 Å². The first-order valence-corrected chi connectivity index (χ1v) is 20.7. The highest BCUT2D eigenvalue weighted by atomic mass is 16.6. The number of aliphatic hydroxyl groups excluding tert-OH is 2. The van der Waals surface area contributed by atoms with Crippen molar-refractivity contribution in [1.82, 2.24) is 5.32 Å². The van der Waals surface area contributed by atoms with Crippen molar-refractivity contribution in [3.63, 3.8) is 0 Å². The summed E-state index contributed by atoms with van der Waals surface area (Å²) in [6.07, 6.45) is -10.3. The van der Waals surface area contributed by atoms with Crippen LogP contribution in [0.25, 0.3) is 0 Å². The number of hydrogen-bond donors (Lipinski definition) is 4. The molecule has 2 saturated carbocycles. The molecule has 2 aromatic carbocycles. The summed E-state index contributed by atoms with van der Waals surface area (Å²) in [4.78, 5) is 70.1. The van der Waals surface area contributed by atoms with Crippen molar-refractivity contribution in [1.29, 1.82) is 0 Å². The lowest BCUT2D eigenvalue weighted by molar-refractivity contribution is -0.345. The smallest absolute Gasteiger partial charge is 0.408 e. The number of fused-ring (bicyclic) bond motifs is 5. The van der Waals surface area contributed by atoms with Crippen LogP contribution < -0.4 is 5.32 Å². The molecule has 1 amide bonds. The summed E-state index contributed by atoms with van der Waals surface area (Å²) in [5, 5.41) is 40.1. The molecular formula is C45H57BNO14. The molecule has 4 aliphatic rings. The van der Waals surface area contributed by atoms with Gasteiger partial charge in [0.25, 0.3) is 7.48 Å². The van der Waals surface area contributed by atoms with Gasteiger partial charge in [-0.2, -0.15) is 0 Å². The molecule has 16 heteroatoms. The van der Waals surface area contributed by atoms with Gasteiger partial charge in [-0.25, -0.2) is 14.4 Å². The standard InChI is InChI=1S/C45H57BNO14/c1-10-46-61-34-31-24(2)28(57-39(53)33(50)32(26-17-13-11-14-18-26)47-40(54)60-41(4,5)6)22-45(55,42(31,7)8)37(58-38(52)27-19-15-12-16-20-27)35-43(9,36(34)51)29(49)21-30-44(35,23-56-30)59-25(3)48/h11-20,28-30,32-35,37,49-50,55H,10,21-23H2,1-9H3,(H,47,54)/t28-,29?,30+,32-,33+,34+,35-,37-,43+,44-,45+/m0/s1. The van der Waals surface area contributed by atoms with Crippen LogP contribution >= 0.6 is 0 Å². The minimum atomic E-state index is -2.29. The van der Waals surface area contributed by atoms with Gasteiger partial charge in [0.15, 0.2) is 17.5 Å². The Balaban J connectivity index is 1.53. The number of aliphatic hydroxyl groups is 3. The number of rotatable bonds is 11. The molecular weight excluding hydrogens is 789 g/mol. The van der Waals surface area contributed by atoms with Crippen LogP contribution in [0.1, 0.15) is 97.1 Å². The van der Waals surface area contributed by atoms with E-state index in [1.54, 1.807) is 97.0 Å². The first kappa shape index (κ1) is 45.9. The monoisotopic (exact) mass is 846 g/mol. The zero-order chi connectivity index (χ0) is 44.9. The number of benzene rings is 2. The fourth-order valence-corrected chi connectivity index (χ4v) is 9.85. The Morgan fingerprint density at radius 3 is 2.18 bits per heavy atom. The van der Waals surface area contributed by atoms with Gasteiger partial charge in [0, 0.05) is 25.2 Å². The molecule has 11 atom stereocenters. The van der Waals surface area contributed by atoms with Crippen LogP contribution in [0.5, 0.6) is 0 Å². The van der Waals surface area contributed by atoms with Crippen LogP contribution in [0, 0.1) is 16.7 Å². The highest BCUT2D eigenvalue weighted by Crippen LogP contribution is 2.64. The number of hydrogen-bond acceptors (Lipinski definition) is 14. The van der Waals surface area contributed by atoms with Gasteiger partial charge in [0.1, 0.15) is 35.6 Å². The van der Waals surface area contributed by atoms with E-state index in [0.29, 0.717) is 17.5 Å². The maximum atomic E-state index is 15.6. The third-order valence-electron chi connectivity index (χ3n) is 12.9. The van der Waals surface area contributed by atoms with Crippen LogP contribution in [-0.4, -0.2) is 113 Å². The third-order valence-corrected chi connectivity index (χ3v) is 12.9. The Kier molecular flexibility index (Phi) is 12.7. The average molecular weight is 847 g/mol. The molecule has 2 bridgehead atoms. The van der Waals surface area contributed by atoms with Crippen LogP contribution in [-0.2, 0) is 42.7 Å². The van der Waals surface area contributed by atoms with Crippen molar-refractivity contribution in [3.05, 3.63) is 82.9 Å². The van der Waals surface area contributed by atoms with Gasteiger partial charge in [-0.15, -0.1) is 0 Å². The van der Waals surface area contributed by atoms with Gasteiger partial charge in [0.2, 0.25) is 0 Å². The average Bonchev–Trinajstić information content (AvgIpc) is 3.19. The number of carbonyl (C=O) groups excluding carboxylic acids is 5. The normalized spacial score (nSPS) is 32.6. The molecule has 1 radical (unpaired) electrons. The number of amides is 1. The largest absolute Gasteiger partial charge is 0.456 e. The van der Waals surface area contributed by atoms with Crippen molar-refractivity contribution in [3.8, 4) is 0 Å². The lowest BCUT2D eigenvalue weighted by Gasteiger charge is -2.67. The van der Waals surface area contributed by atoms with Gasteiger partial charge in [-0.1, -0.05) is 75.6 Å². The van der Waals surface area contributed by atoms with Gasteiger partial charge in [-0.05, 0) is 63.5 Å². The van der Waals surface area contributed by atoms with Crippen molar-refractivity contribution in [2.75, 3.05) is 6.61 Å². The van der Waals surface area contributed by atoms with E-state index in [1.807, 2.05) is 0 Å². The predicted octanol–water partition coefficient (Wildman–Crippen LogP) is 4.34. The van der Waals surface area contributed by atoms with Gasteiger partial charge in [0.05, 0.1) is 35.6 Å². The summed E-state index contributed by atoms with van der Waals surface area (Å²) < 4.78 is 36.3. The first-order valence-electron chi connectivity index (χ1n) is 20.7. The minimum absolute atomic E-state index is 0.107. The fourth-order valence-electron chi connectivity index (χ4n) is 9.85. The van der Waals surface area contributed by atoms with Gasteiger partial charge < -0.3 is 49.0 Å². The summed E-state index contributed by atoms with van der Waals surface area (Å²) in [6.45, 7) is 14.1. The van der Waals surface area contributed by atoms with E-state index >= 15 is 4.79 Å². The third kappa shape index (κ3) is 8.13. The van der Waals surface area contributed by atoms with Crippen LogP contribution in [0.2, 0.25) is 6.32 Å². The van der Waals surface area contributed by atoms with E-state index in [4.69, 9.17) is 28.3 Å². The van der Waals surface area contributed by atoms with Crippen LogP contribution in [0.4, 0.5) is 4.79 Å². The molecule has 1 heterocycles. The van der Waals surface area contributed by atoms with Crippen molar-refractivity contribution >= 4 is 37.3 Å². The number of alkyl carbamates (subject to hydrolysis) is 1. The van der Waals surface area contributed by atoms with E-state index in [1.165, 1.54) is 33.5 Å². The summed E-state index contributed by atoms with van der Waals surface area (Å²) in [6, 6.07) is 14.9. The van der Waals surface area contributed by atoms with Crippen molar-refractivity contribution in [2.24, 2.45) is 16.7 Å². The number of esters is 3. The molecule has 1 unspecified atom stereocenters. The lowest BCUT2D eigenvalue weighted by atomic mass is 9.44. The summed E-state index contributed by atoms with van der Waals surface area (Å²) in [7, 11) is 1.42. The zero-order valence-electron chi connectivity index (χ0n) is 36.1. The Morgan fingerprint density at radius 1 is 1.00 bits per heavy atom. The van der Waals surface area contributed by atoms with E-state index in [9.17, 15) is 34.5 Å². The second kappa shape index (κ2) is 16.9. The maximum absolute atomic E-state index is 15.6.